The molecule has 0 radical (unpaired) electrons. The summed E-state index contributed by atoms with van der Waals surface area (Å²) in [5.74, 6) is -1.03. The van der Waals surface area contributed by atoms with Crippen molar-refractivity contribution in [2.45, 2.75) is 39.7 Å². The number of likely N-dealkylation sites (N-methyl/N-ethyl adjacent to an activating group) is 1. The maximum atomic E-state index is 12.5. The Balaban J connectivity index is 2.01. The molecule has 0 unspecified atom stereocenters. The van der Waals surface area contributed by atoms with E-state index in [2.05, 4.69) is 36.0 Å². The fourth-order valence-corrected chi connectivity index (χ4v) is 3.46. The van der Waals surface area contributed by atoms with Crippen molar-refractivity contribution in [3.05, 3.63) is 23.8 Å². The minimum atomic E-state index is -0.565. The van der Waals surface area contributed by atoms with Crippen molar-refractivity contribution < 1.29 is 9.59 Å². The molecule has 0 spiro atoms. The predicted octanol–water partition coefficient (Wildman–Crippen LogP) is 2.33. The first kappa shape index (κ1) is 20.2. The summed E-state index contributed by atoms with van der Waals surface area (Å²) >= 11 is 0. The van der Waals surface area contributed by atoms with Crippen LogP contribution in [0.3, 0.4) is 0 Å². The number of likely N-dealkylation sites (tertiary alicyclic amines) is 1. The summed E-state index contributed by atoms with van der Waals surface area (Å²) < 4.78 is 0. The number of amides is 2. The number of aryl methyl sites for hydroxylation is 1. The maximum Gasteiger partial charge on any atom is 0.313 e. The van der Waals surface area contributed by atoms with Crippen LogP contribution < -0.4 is 10.2 Å². The van der Waals surface area contributed by atoms with Gasteiger partial charge in [-0.15, -0.1) is 0 Å². The Kier molecular flexibility index (Phi) is 7.03. The number of carbonyl (C=O) groups excluding carboxylic acids is 2. The van der Waals surface area contributed by atoms with Crippen LogP contribution in [0, 0.1) is 6.92 Å². The molecule has 0 atom stereocenters. The van der Waals surface area contributed by atoms with Gasteiger partial charge in [0.2, 0.25) is 0 Å². The van der Waals surface area contributed by atoms with E-state index in [1.54, 1.807) is 11.9 Å². The summed E-state index contributed by atoms with van der Waals surface area (Å²) in [4.78, 5) is 31.0. The molecular weight excluding hydrogens is 328 g/mol. The average Bonchev–Trinajstić information content (AvgIpc) is 2.64. The molecule has 1 N–H and O–H groups in total. The smallest absolute Gasteiger partial charge is 0.313 e. The molecule has 26 heavy (non-hydrogen) atoms. The van der Waals surface area contributed by atoms with Crippen LogP contribution in [0.1, 0.15) is 32.3 Å². The second-order valence-electron chi connectivity index (χ2n) is 7.08. The van der Waals surface area contributed by atoms with Crippen molar-refractivity contribution >= 4 is 23.2 Å². The second kappa shape index (κ2) is 9.03. The van der Waals surface area contributed by atoms with Gasteiger partial charge in [-0.3, -0.25) is 9.59 Å². The minimum Gasteiger partial charge on any atom is -0.372 e. The van der Waals surface area contributed by atoms with E-state index in [4.69, 9.17) is 0 Å². The van der Waals surface area contributed by atoms with Crippen LogP contribution in [0.2, 0.25) is 0 Å². The van der Waals surface area contributed by atoms with Gasteiger partial charge in [0, 0.05) is 37.6 Å². The third kappa shape index (κ3) is 4.75. The monoisotopic (exact) mass is 360 g/mol. The molecule has 6 heteroatoms. The van der Waals surface area contributed by atoms with Gasteiger partial charge in [0.15, 0.2) is 0 Å². The van der Waals surface area contributed by atoms with Crippen LogP contribution in [-0.4, -0.2) is 67.9 Å². The summed E-state index contributed by atoms with van der Waals surface area (Å²) in [5, 5.41) is 2.78. The normalized spacial score (nSPS) is 15.6. The van der Waals surface area contributed by atoms with Crippen LogP contribution in [0.4, 0.5) is 11.4 Å². The standard InChI is InChI=1S/C20H32N4O2/c1-6-24(7-2)17-8-9-18(15(3)14-17)21-19(25)20(26)23(5)16-10-12-22(4)13-11-16/h8-9,14,16H,6-7,10-13H2,1-5H3,(H,21,25). The lowest BCUT2D eigenvalue weighted by Gasteiger charge is -2.34. The highest BCUT2D eigenvalue weighted by Gasteiger charge is 2.28. The van der Waals surface area contributed by atoms with Gasteiger partial charge in [-0.05, 0) is 77.5 Å². The van der Waals surface area contributed by atoms with E-state index < -0.39 is 11.8 Å². The Hall–Kier alpha value is -2.08. The molecule has 0 aromatic heterocycles. The van der Waals surface area contributed by atoms with Gasteiger partial charge in [-0.25, -0.2) is 0 Å². The Morgan fingerprint density at radius 1 is 1.19 bits per heavy atom. The fraction of sp³-hybridized carbons (Fsp3) is 0.600. The number of nitrogens with one attached hydrogen (secondary N) is 1. The van der Waals surface area contributed by atoms with Crippen LogP contribution in [-0.2, 0) is 9.59 Å². The van der Waals surface area contributed by atoms with Crippen molar-refractivity contribution in [2.75, 3.05) is 50.5 Å². The van der Waals surface area contributed by atoms with E-state index in [0.29, 0.717) is 5.69 Å². The fourth-order valence-electron chi connectivity index (χ4n) is 3.46. The molecule has 1 aromatic rings. The first-order chi connectivity index (χ1) is 12.4. The SMILES string of the molecule is CCN(CC)c1ccc(NC(=O)C(=O)N(C)C2CCN(C)CC2)c(C)c1. The Morgan fingerprint density at radius 3 is 2.35 bits per heavy atom. The predicted molar refractivity (Wildman–Crippen MR) is 107 cm³/mol. The summed E-state index contributed by atoms with van der Waals surface area (Å²) in [6.45, 7) is 9.96. The third-order valence-corrected chi connectivity index (χ3v) is 5.34. The quantitative estimate of drug-likeness (QED) is 0.819. The molecule has 1 heterocycles. The number of piperidine rings is 1. The van der Waals surface area contributed by atoms with Gasteiger partial charge in [0.05, 0.1) is 0 Å². The summed E-state index contributed by atoms with van der Waals surface area (Å²) in [5.41, 5.74) is 2.77. The molecular formula is C20H32N4O2. The molecule has 2 amide bonds. The largest absolute Gasteiger partial charge is 0.372 e. The van der Waals surface area contributed by atoms with Crippen LogP contribution >= 0.6 is 0 Å². The van der Waals surface area contributed by atoms with E-state index in [1.807, 2.05) is 25.1 Å². The molecule has 1 saturated heterocycles. The molecule has 1 aliphatic rings. The van der Waals surface area contributed by atoms with Crippen molar-refractivity contribution in [3.8, 4) is 0 Å². The van der Waals surface area contributed by atoms with E-state index >= 15 is 0 Å². The molecule has 6 nitrogen and oxygen atoms in total. The van der Waals surface area contributed by atoms with Crippen molar-refractivity contribution in [1.29, 1.82) is 0 Å². The van der Waals surface area contributed by atoms with Crippen molar-refractivity contribution in [2.24, 2.45) is 0 Å². The number of rotatable bonds is 5. The number of carbonyl (C=O) groups is 2. The summed E-state index contributed by atoms with van der Waals surface area (Å²) in [6.07, 6.45) is 1.81. The lowest BCUT2D eigenvalue weighted by molar-refractivity contribution is -0.144. The zero-order valence-electron chi connectivity index (χ0n) is 16.7. The van der Waals surface area contributed by atoms with Gasteiger partial charge in [-0.1, -0.05) is 0 Å². The van der Waals surface area contributed by atoms with Crippen LogP contribution in [0.5, 0.6) is 0 Å². The number of anilines is 2. The van der Waals surface area contributed by atoms with E-state index in [1.165, 1.54) is 0 Å². The van der Waals surface area contributed by atoms with Crippen LogP contribution in [0.15, 0.2) is 18.2 Å². The second-order valence-corrected chi connectivity index (χ2v) is 7.08. The van der Waals surface area contributed by atoms with Crippen molar-refractivity contribution in [1.82, 2.24) is 9.80 Å². The highest BCUT2D eigenvalue weighted by Crippen LogP contribution is 2.23. The zero-order valence-corrected chi connectivity index (χ0v) is 16.7. The van der Waals surface area contributed by atoms with E-state index in [-0.39, 0.29) is 6.04 Å². The number of benzene rings is 1. The molecule has 2 rings (SSSR count). The van der Waals surface area contributed by atoms with Crippen molar-refractivity contribution in [3.63, 3.8) is 0 Å². The molecule has 1 aromatic carbocycles. The molecule has 1 aliphatic heterocycles. The number of hydrogen-bond acceptors (Lipinski definition) is 4. The lowest BCUT2D eigenvalue weighted by atomic mass is 10.0. The summed E-state index contributed by atoms with van der Waals surface area (Å²) in [6, 6.07) is 6.05. The number of nitrogens with zero attached hydrogens (tertiary/aromatic N) is 3. The molecule has 144 valence electrons. The summed E-state index contributed by atoms with van der Waals surface area (Å²) in [7, 11) is 3.81. The van der Waals surface area contributed by atoms with Crippen LogP contribution in [0.25, 0.3) is 0 Å². The van der Waals surface area contributed by atoms with E-state index in [9.17, 15) is 9.59 Å². The van der Waals surface area contributed by atoms with Gasteiger partial charge in [0.1, 0.15) is 0 Å². The average molecular weight is 361 g/mol. The lowest BCUT2D eigenvalue weighted by Crippen LogP contribution is -2.47. The van der Waals surface area contributed by atoms with Gasteiger partial charge in [0.25, 0.3) is 0 Å². The molecule has 0 aliphatic carbocycles. The first-order valence-electron chi connectivity index (χ1n) is 9.49. The number of hydrogen-bond donors (Lipinski definition) is 1. The Bertz CT molecular complexity index is 635. The zero-order chi connectivity index (χ0) is 19.3. The molecule has 0 bridgehead atoms. The topological polar surface area (TPSA) is 55.9 Å². The van der Waals surface area contributed by atoms with E-state index in [0.717, 1.165) is 50.3 Å². The molecule has 0 saturated carbocycles. The molecule has 1 fully saturated rings. The Morgan fingerprint density at radius 2 is 1.81 bits per heavy atom. The first-order valence-corrected chi connectivity index (χ1v) is 9.49. The van der Waals surface area contributed by atoms with Gasteiger partial charge < -0.3 is 20.0 Å². The maximum absolute atomic E-state index is 12.5. The Labute approximate surface area is 157 Å². The highest BCUT2D eigenvalue weighted by molar-refractivity contribution is 6.39. The highest BCUT2D eigenvalue weighted by atomic mass is 16.2. The minimum absolute atomic E-state index is 0.135. The third-order valence-electron chi connectivity index (χ3n) is 5.34. The van der Waals surface area contributed by atoms with Gasteiger partial charge in [-0.2, -0.15) is 0 Å². The van der Waals surface area contributed by atoms with Gasteiger partial charge >= 0.3 is 11.8 Å².